The first-order valence-electron chi connectivity index (χ1n) is 5.95. The lowest BCUT2D eigenvalue weighted by Crippen LogP contribution is -2.13. The lowest BCUT2D eigenvalue weighted by atomic mass is 10.0. The number of nitrogens with zero attached hydrogens (tertiary/aromatic N) is 2. The normalized spacial score (nSPS) is 10.5. The number of hydrogen-bond acceptors (Lipinski definition) is 3. The number of anilines is 1. The number of carbonyl (C=O) groups is 1. The van der Waals surface area contributed by atoms with E-state index in [1.165, 1.54) is 18.0 Å². The van der Waals surface area contributed by atoms with Gasteiger partial charge in [-0.25, -0.2) is 9.97 Å². The highest BCUT2D eigenvalue weighted by molar-refractivity contribution is 6.29. The summed E-state index contributed by atoms with van der Waals surface area (Å²) >= 11 is 5.63. The van der Waals surface area contributed by atoms with Crippen LogP contribution < -0.4 is 5.32 Å². The van der Waals surface area contributed by atoms with E-state index < -0.39 is 0 Å². The van der Waals surface area contributed by atoms with E-state index in [0.717, 1.165) is 0 Å². The molecule has 0 fully saturated rings. The smallest absolute Gasteiger partial charge is 0.256 e. The van der Waals surface area contributed by atoms with Crippen LogP contribution in [0.15, 0.2) is 36.7 Å². The molecular formula is C14H14ClN3O. The van der Waals surface area contributed by atoms with Gasteiger partial charge in [-0.3, -0.25) is 4.79 Å². The maximum atomic E-state index is 12.0. The number of amides is 1. The lowest BCUT2D eigenvalue weighted by molar-refractivity contribution is 0.102. The second-order valence-electron chi connectivity index (χ2n) is 4.46. The molecule has 0 aliphatic heterocycles. The molecule has 1 aromatic carbocycles. The van der Waals surface area contributed by atoms with E-state index in [0.29, 0.717) is 22.5 Å². The van der Waals surface area contributed by atoms with Gasteiger partial charge in [-0.2, -0.15) is 0 Å². The quantitative estimate of drug-likeness (QED) is 0.933. The van der Waals surface area contributed by atoms with E-state index >= 15 is 0 Å². The summed E-state index contributed by atoms with van der Waals surface area (Å²) in [6, 6.07) is 7.50. The van der Waals surface area contributed by atoms with Crippen molar-refractivity contribution in [2.75, 3.05) is 5.32 Å². The maximum Gasteiger partial charge on any atom is 0.256 e. The van der Waals surface area contributed by atoms with Crippen molar-refractivity contribution in [3.63, 3.8) is 0 Å². The van der Waals surface area contributed by atoms with Crippen LogP contribution in [0.4, 0.5) is 5.82 Å². The molecule has 1 aromatic heterocycles. The average molecular weight is 276 g/mol. The highest BCUT2D eigenvalue weighted by atomic mass is 35.5. The first-order valence-corrected chi connectivity index (χ1v) is 6.33. The van der Waals surface area contributed by atoms with Gasteiger partial charge in [0.25, 0.3) is 5.91 Å². The van der Waals surface area contributed by atoms with E-state index in [-0.39, 0.29) is 5.91 Å². The fraction of sp³-hybridized carbons (Fsp3) is 0.214. The monoisotopic (exact) mass is 275 g/mol. The van der Waals surface area contributed by atoms with Crippen LogP contribution in [0.5, 0.6) is 0 Å². The summed E-state index contributed by atoms with van der Waals surface area (Å²) in [4.78, 5) is 19.8. The molecule has 0 aliphatic carbocycles. The molecule has 1 amide bonds. The summed E-state index contributed by atoms with van der Waals surface area (Å²) in [5.41, 5.74) is 1.78. The zero-order valence-electron chi connectivity index (χ0n) is 10.7. The second kappa shape index (κ2) is 5.80. The van der Waals surface area contributed by atoms with Gasteiger partial charge in [0.1, 0.15) is 5.15 Å². The van der Waals surface area contributed by atoms with Crippen molar-refractivity contribution in [1.82, 2.24) is 9.97 Å². The number of nitrogens with one attached hydrogen (secondary N) is 1. The van der Waals surface area contributed by atoms with Crippen molar-refractivity contribution in [1.29, 1.82) is 0 Å². The average Bonchev–Trinajstić information content (AvgIpc) is 2.41. The number of carbonyl (C=O) groups excluding carboxylic acids is 1. The molecule has 2 aromatic rings. The highest BCUT2D eigenvalue weighted by Crippen LogP contribution is 2.15. The van der Waals surface area contributed by atoms with Crippen LogP contribution in [0, 0.1) is 0 Å². The van der Waals surface area contributed by atoms with Gasteiger partial charge in [-0.05, 0) is 23.6 Å². The van der Waals surface area contributed by atoms with Crippen molar-refractivity contribution in [3.8, 4) is 0 Å². The van der Waals surface area contributed by atoms with Crippen molar-refractivity contribution in [3.05, 3.63) is 52.9 Å². The molecule has 2 rings (SSSR count). The third kappa shape index (κ3) is 3.51. The second-order valence-corrected chi connectivity index (χ2v) is 4.84. The Balaban J connectivity index is 2.09. The fourth-order valence-electron chi connectivity index (χ4n) is 1.58. The molecule has 19 heavy (non-hydrogen) atoms. The van der Waals surface area contributed by atoms with Crippen molar-refractivity contribution >= 4 is 23.3 Å². The predicted molar refractivity (Wildman–Crippen MR) is 75.5 cm³/mol. The minimum atomic E-state index is -0.216. The zero-order chi connectivity index (χ0) is 13.8. The molecule has 0 atom stereocenters. The summed E-state index contributed by atoms with van der Waals surface area (Å²) in [5, 5.41) is 2.95. The lowest BCUT2D eigenvalue weighted by Gasteiger charge is -2.07. The predicted octanol–water partition coefficient (Wildman–Crippen LogP) is 3.51. The minimum Gasteiger partial charge on any atom is -0.305 e. The van der Waals surface area contributed by atoms with E-state index in [1.807, 2.05) is 12.1 Å². The number of benzene rings is 1. The van der Waals surface area contributed by atoms with E-state index in [2.05, 4.69) is 29.1 Å². The molecule has 1 heterocycles. The van der Waals surface area contributed by atoms with Crippen LogP contribution in [-0.4, -0.2) is 15.9 Å². The van der Waals surface area contributed by atoms with Gasteiger partial charge in [0.2, 0.25) is 0 Å². The van der Waals surface area contributed by atoms with Crippen LogP contribution in [0.3, 0.4) is 0 Å². The van der Waals surface area contributed by atoms with Crippen molar-refractivity contribution in [2.24, 2.45) is 0 Å². The van der Waals surface area contributed by atoms with Crippen molar-refractivity contribution in [2.45, 2.75) is 19.8 Å². The summed E-state index contributed by atoms with van der Waals surface area (Å²) in [6.07, 6.45) is 2.81. The Morgan fingerprint density at radius 2 is 1.84 bits per heavy atom. The van der Waals surface area contributed by atoms with Gasteiger partial charge in [-0.15, -0.1) is 0 Å². The van der Waals surface area contributed by atoms with E-state index in [4.69, 9.17) is 11.6 Å². The van der Waals surface area contributed by atoms with Crippen LogP contribution in [0.25, 0.3) is 0 Å². The number of aromatic nitrogens is 2. The van der Waals surface area contributed by atoms with Crippen LogP contribution in [0.1, 0.15) is 35.7 Å². The zero-order valence-corrected chi connectivity index (χ0v) is 11.5. The Morgan fingerprint density at radius 3 is 2.37 bits per heavy atom. The van der Waals surface area contributed by atoms with Gasteiger partial charge in [0.05, 0.1) is 12.4 Å². The Bertz CT molecular complexity index is 564. The Hall–Kier alpha value is -1.94. The van der Waals surface area contributed by atoms with Crippen LogP contribution in [0.2, 0.25) is 5.15 Å². The summed E-state index contributed by atoms with van der Waals surface area (Å²) in [7, 11) is 0. The summed E-state index contributed by atoms with van der Waals surface area (Å²) < 4.78 is 0. The molecule has 0 bridgehead atoms. The Labute approximate surface area is 116 Å². The number of rotatable bonds is 3. The Kier molecular flexibility index (Phi) is 4.12. The molecule has 0 aliphatic rings. The molecule has 0 spiro atoms. The topological polar surface area (TPSA) is 54.9 Å². The van der Waals surface area contributed by atoms with Crippen LogP contribution >= 0.6 is 11.6 Å². The van der Waals surface area contributed by atoms with Gasteiger partial charge in [0.15, 0.2) is 5.82 Å². The molecular weight excluding hydrogens is 262 g/mol. The van der Waals surface area contributed by atoms with Gasteiger partial charge in [-0.1, -0.05) is 37.6 Å². The van der Waals surface area contributed by atoms with Gasteiger partial charge < -0.3 is 5.32 Å². The molecule has 98 valence electrons. The minimum absolute atomic E-state index is 0.216. The number of hydrogen-bond donors (Lipinski definition) is 1. The highest BCUT2D eigenvalue weighted by Gasteiger charge is 2.07. The van der Waals surface area contributed by atoms with Crippen molar-refractivity contribution < 1.29 is 4.79 Å². The fourth-order valence-corrected chi connectivity index (χ4v) is 1.68. The third-order valence-corrected chi connectivity index (χ3v) is 2.90. The maximum absolute atomic E-state index is 12.0. The molecule has 5 heteroatoms. The Morgan fingerprint density at radius 1 is 1.16 bits per heavy atom. The van der Waals surface area contributed by atoms with Gasteiger partial charge in [0, 0.05) is 5.56 Å². The molecule has 0 saturated heterocycles. The molecule has 0 saturated carbocycles. The SMILES string of the molecule is CC(C)c1ccc(C(=O)Nc2cnc(Cl)cn2)cc1. The van der Waals surface area contributed by atoms with Crippen LogP contribution in [-0.2, 0) is 0 Å². The molecule has 1 N–H and O–H groups in total. The molecule has 0 unspecified atom stereocenters. The van der Waals surface area contributed by atoms with E-state index in [9.17, 15) is 4.79 Å². The third-order valence-electron chi connectivity index (χ3n) is 2.70. The molecule has 4 nitrogen and oxygen atoms in total. The van der Waals surface area contributed by atoms with E-state index in [1.54, 1.807) is 12.1 Å². The first-order chi connectivity index (χ1) is 9.06. The molecule has 0 radical (unpaired) electrons. The standard InChI is InChI=1S/C14H14ClN3O/c1-9(2)10-3-5-11(6-4-10)14(19)18-13-8-16-12(15)7-17-13/h3-9H,1-2H3,(H,17,18,19). The van der Waals surface area contributed by atoms with Gasteiger partial charge >= 0.3 is 0 Å². The summed E-state index contributed by atoms with van der Waals surface area (Å²) in [6.45, 7) is 4.22. The summed E-state index contributed by atoms with van der Waals surface area (Å²) in [5.74, 6) is 0.605. The number of halogens is 1. The first kappa shape index (κ1) is 13.5. The largest absolute Gasteiger partial charge is 0.305 e.